The first-order valence-electron chi connectivity index (χ1n) is 7.69. The number of carbonyl (C=O) groups excluding carboxylic acids is 1. The Morgan fingerprint density at radius 1 is 1.19 bits per heavy atom. The molecule has 5 heteroatoms. The Morgan fingerprint density at radius 3 is 2.90 bits per heavy atom. The summed E-state index contributed by atoms with van der Waals surface area (Å²) >= 11 is 0. The first-order chi connectivity index (χ1) is 10.3. The number of hydrogen-bond acceptors (Lipinski definition) is 4. The number of ketones is 1. The molecular weight excluding hydrogens is 264 g/mol. The summed E-state index contributed by atoms with van der Waals surface area (Å²) in [6.45, 7) is 0. The normalized spacial score (nSPS) is 21.0. The lowest BCUT2D eigenvalue weighted by Crippen LogP contribution is -2.21. The van der Waals surface area contributed by atoms with Crippen LogP contribution in [0.3, 0.4) is 0 Å². The average molecular weight is 282 g/mol. The van der Waals surface area contributed by atoms with Crippen molar-refractivity contribution in [2.45, 2.75) is 44.6 Å². The van der Waals surface area contributed by atoms with Crippen molar-refractivity contribution < 1.29 is 4.79 Å². The van der Waals surface area contributed by atoms with Crippen molar-refractivity contribution in [3.8, 4) is 11.3 Å². The van der Waals surface area contributed by atoms with Crippen molar-refractivity contribution in [1.82, 2.24) is 19.5 Å². The van der Waals surface area contributed by atoms with E-state index in [2.05, 4.69) is 19.5 Å². The van der Waals surface area contributed by atoms with Crippen LogP contribution in [0.4, 0.5) is 0 Å². The maximum atomic E-state index is 12.6. The van der Waals surface area contributed by atoms with Gasteiger partial charge in [0, 0.05) is 24.1 Å². The average Bonchev–Trinajstić information content (AvgIpc) is 3.11. The molecule has 1 aliphatic heterocycles. The fourth-order valence-electron chi connectivity index (χ4n) is 3.67. The number of imidazole rings is 1. The second-order valence-corrected chi connectivity index (χ2v) is 6.03. The van der Waals surface area contributed by atoms with Gasteiger partial charge in [-0.15, -0.1) is 0 Å². The second-order valence-electron chi connectivity index (χ2n) is 6.03. The predicted octanol–water partition coefficient (Wildman–Crippen LogP) is 2.78. The predicted molar refractivity (Wildman–Crippen MR) is 77.6 cm³/mol. The fourth-order valence-corrected chi connectivity index (χ4v) is 3.67. The Balaban J connectivity index is 1.62. The SMILES string of the molecule is O=C(C[C@@H]1c2ncncc2-c2cncn21)C1CCCCC1. The van der Waals surface area contributed by atoms with Crippen LogP contribution in [0.1, 0.15) is 50.3 Å². The molecule has 0 saturated heterocycles. The van der Waals surface area contributed by atoms with Crippen molar-refractivity contribution in [2.75, 3.05) is 0 Å². The minimum Gasteiger partial charge on any atom is -0.321 e. The van der Waals surface area contributed by atoms with Gasteiger partial charge in [0.25, 0.3) is 0 Å². The standard InChI is InChI=1S/C16H18N4O/c21-15(11-4-2-1-3-5-11)6-13-16-12(7-17-9-19-16)14-8-18-10-20(13)14/h7-11,13H,1-6H2/t13-/m1/s1. The molecular formula is C16H18N4O. The van der Waals surface area contributed by atoms with E-state index in [0.717, 1.165) is 29.8 Å². The van der Waals surface area contributed by atoms with Crippen LogP contribution in [-0.4, -0.2) is 25.3 Å². The molecule has 1 fully saturated rings. The highest BCUT2D eigenvalue weighted by Gasteiger charge is 2.33. The number of hydrogen-bond donors (Lipinski definition) is 0. The van der Waals surface area contributed by atoms with Gasteiger partial charge in [-0.25, -0.2) is 15.0 Å². The first-order valence-corrected chi connectivity index (χ1v) is 7.69. The summed E-state index contributed by atoms with van der Waals surface area (Å²) in [6, 6.07) is -0.00470. The van der Waals surface area contributed by atoms with Gasteiger partial charge in [0.05, 0.1) is 30.0 Å². The van der Waals surface area contributed by atoms with E-state index in [1.165, 1.54) is 19.3 Å². The topological polar surface area (TPSA) is 60.7 Å². The molecule has 5 nitrogen and oxygen atoms in total. The third kappa shape index (κ3) is 2.07. The molecule has 1 atom stereocenters. The molecule has 0 bridgehead atoms. The van der Waals surface area contributed by atoms with Crippen molar-refractivity contribution in [3.63, 3.8) is 0 Å². The molecule has 2 aromatic rings. The minimum atomic E-state index is -0.00470. The van der Waals surface area contributed by atoms with Crippen LogP contribution in [0.25, 0.3) is 11.3 Å². The highest BCUT2D eigenvalue weighted by Crippen LogP contribution is 2.40. The van der Waals surface area contributed by atoms with E-state index in [1.54, 1.807) is 12.7 Å². The number of nitrogens with zero attached hydrogens (tertiary/aromatic N) is 4. The molecule has 0 aromatic carbocycles. The first kappa shape index (κ1) is 12.7. The molecule has 2 aliphatic rings. The molecule has 4 rings (SSSR count). The van der Waals surface area contributed by atoms with Gasteiger partial charge in [0.1, 0.15) is 12.1 Å². The third-order valence-corrected chi connectivity index (χ3v) is 4.79. The Hall–Kier alpha value is -2.04. The molecule has 0 radical (unpaired) electrons. The molecule has 3 heterocycles. The molecule has 2 aromatic heterocycles. The summed E-state index contributed by atoms with van der Waals surface area (Å²) in [7, 11) is 0. The molecule has 0 unspecified atom stereocenters. The number of Topliss-reactive ketones (excluding diaryl/α,β-unsaturated/α-hetero) is 1. The summed E-state index contributed by atoms with van der Waals surface area (Å²) < 4.78 is 2.07. The van der Waals surface area contributed by atoms with Gasteiger partial charge in [0.15, 0.2) is 0 Å². The zero-order valence-corrected chi connectivity index (χ0v) is 11.9. The van der Waals surface area contributed by atoms with Crippen molar-refractivity contribution >= 4 is 5.78 Å². The Morgan fingerprint density at radius 2 is 2.05 bits per heavy atom. The van der Waals surface area contributed by atoms with E-state index in [1.807, 2.05) is 12.4 Å². The molecule has 0 spiro atoms. The number of carbonyl (C=O) groups is 1. The van der Waals surface area contributed by atoms with E-state index in [-0.39, 0.29) is 12.0 Å². The van der Waals surface area contributed by atoms with Crippen LogP contribution < -0.4 is 0 Å². The monoisotopic (exact) mass is 282 g/mol. The Bertz CT molecular complexity index is 672. The molecule has 1 aliphatic carbocycles. The minimum absolute atomic E-state index is 0.00470. The van der Waals surface area contributed by atoms with E-state index >= 15 is 0 Å². The summed E-state index contributed by atoms with van der Waals surface area (Å²) in [5, 5.41) is 0. The summed E-state index contributed by atoms with van der Waals surface area (Å²) in [5.74, 6) is 0.627. The zero-order chi connectivity index (χ0) is 14.2. The Kier molecular flexibility index (Phi) is 3.05. The van der Waals surface area contributed by atoms with E-state index in [4.69, 9.17) is 0 Å². The highest BCUT2D eigenvalue weighted by atomic mass is 16.1. The summed E-state index contributed by atoms with van der Waals surface area (Å²) in [6.07, 6.45) is 13.3. The molecule has 0 amide bonds. The van der Waals surface area contributed by atoms with Crippen LogP contribution in [-0.2, 0) is 4.79 Å². The lowest BCUT2D eigenvalue weighted by atomic mass is 9.84. The van der Waals surface area contributed by atoms with Gasteiger partial charge >= 0.3 is 0 Å². The van der Waals surface area contributed by atoms with Crippen molar-refractivity contribution in [2.24, 2.45) is 5.92 Å². The lowest BCUT2D eigenvalue weighted by molar-refractivity contribution is -0.124. The van der Waals surface area contributed by atoms with E-state index in [9.17, 15) is 4.79 Å². The van der Waals surface area contributed by atoms with Gasteiger partial charge in [-0.1, -0.05) is 19.3 Å². The third-order valence-electron chi connectivity index (χ3n) is 4.79. The van der Waals surface area contributed by atoms with Gasteiger partial charge in [-0.05, 0) is 12.8 Å². The van der Waals surface area contributed by atoms with Crippen molar-refractivity contribution in [1.29, 1.82) is 0 Å². The van der Waals surface area contributed by atoms with Crippen LogP contribution in [0.15, 0.2) is 25.0 Å². The van der Waals surface area contributed by atoms with Crippen molar-refractivity contribution in [3.05, 3.63) is 30.7 Å². The largest absolute Gasteiger partial charge is 0.321 e. The number of aromatic nitrogens is 4. The maximum absolute atomic E-state index is 12.6. The van der Waals surface area contributed by atoms with Gasteiger partial charge in [-0.3, -0.25) is 4.79 Å². The van der Waals surface area contributed by atoms with Gasteiger partial charge in [0.2, 0.25) is 0 Å². The van der Waals surface area contributed by atoms with Crippen LogP contribution in [0, 0.1) is 5.92 Å². The molecule has 21 heavy (non-hydrogen) atoms. The van der Waals surface area contributed by atoms with Crippen LogP contribution in [0.2, 0.25) is 0 Å². The number of fused-ring (bicyclic) bond motifs is 3. The van der Waals surface area contributed by atoms with Crippen LogP contribution in [0.5, 0.6) is 0 Å². The highest BCUT2D eigenvalue weighted by molar-refractivity contribution is 5.83. The van der Waals surface area contributed by atoms with E-state index in [0.29, 0.717) is 12.2 Å². The zero-order valence-electron chi connectivity index (χ0n) is 11.9. The second kappa shape index (κ2) is 5.06. The summed E-state index contributed by atoms with van der Waals surface area (Å²) in [5.41, 5.74) is 3.00. The molecule has 108 valence electrons. The lowest BCUT2D eigenvalue weighted by Gasteiger charge is -2.22. The molecule has 1 saturated carbocycles. The smallest absolute Gasteiger partial charge is 0.138 e. The van der Waals surface area contributed by atoms with Crippen LogP contribution >= 0.6 is 0 Å². The van der Waals surface area contributed by atoms with Gasteiger partial charge < -0.3 is 4.57 Å². The number of rotatable bonds is 3. The Labute approximate surface area is 123 Å². The summed E-state index contributed by atoms with van der Waals surface area (Å²) in [4.78, 5) is 25.3. The maximum Gasteiger partial charge on any atom is 0.138 e. The van der Waals surface area contributed by atoms with Gasteiger partial charge in [-0.2, -0.15) is 0 Å². The quantitative estimate of drug-likeness (QED) is 0.868. The fraction of sp³-hybridized carbons (Fsp3) is 0.500. The molecule has 0 N–H and O–H groups in total. The van der Waals surface area contributed by atoms with E-state index < -0.39 is 0 Å².